The predicted molar refractivity (Wildman–Crippen MR) is 66.8 cm³/mol. The Bertz CT molecular complexity index is 513. The third-order valence-corrected chi connectivity index (χ3v) is 2.82. The van der Waals surface area contributed by atoms with Crippen LogP contribution in [0.5, 0.6) is 0 Å². The molecule has 0 aliphatic rings. The van der Waals surface area contributed by atoms with Gasteiger partial charge in [0.05, 0.1) is 18.8 Å². The Morgan fingerprint density at radius 3 is 2.76 bits per heavy atom. The predicted octanol–water partition coefficient (Wildman–Crippen LogP) is 0.951. The molecule has 0 bridgehead atoms. The SMILES string of the molecule is CCOCCn1c(N)nc2c(CC)nn(C)c21. The molecule has 0 fully saturated rings. The Hall–Kier alpha value is -1.56. The van der Waals surface area contributed by atoms with Gasteiger partial charge >= 0.3 is 0 Å². The van der Waals surface area contributed by atoms with Crippen LogP contribution < -0.4 is 5.73 Å². The highest BCUT2D eigenvalue weighted by Crippen LogP contribution is 2.20. The van der Waals surface area contributed by atoms with E-state index in [4.69, 9.17) is 10.5 Å². The molecule has 0 aromatic carbocycles. The van der Waals surface area contributed by atoms with Crippen molar-refractivity contribution >= 4 is 17.1 Å². The summed E-state index contributed by atoms with van der Waals surface area (Å²) in [7, 11) is 1.92. The van der Waals surface area contributed by atoms with Gasteiger partial charge in [-0.3, -0.25) is 9.25 Å². The number of nitrogen functional groups attached to an aromatic ring is 1. The lowest BCUT2D eigenvalue weighted by Gasteiger charge is -2.06. The average molecular weight is 237 g/mol. The molecule has 0 radical (unpaired) electrons. The molecule has 0 amide bonds. The van der Waals surface area contributed by atoms with Gasteiger partial charge in [0.2, 0.25) is 5.95 Å². The molecule has 94 valence electrons. The Labute approximate surface area is 100 Å². The number of nitrogens with zero attached hydrogens (tertiary/aromatic N) is 4. The highest BCUT2D eigenvalue weighted by Gasteiger charge is 2.16. The molecule has 6 heteroatoms. The van der Waals surface area contributed by atoms with Gasteiger partial charge in [0, 0.05) is 13.7 Å². The molecule has 2 N–H and O–H groups in total. The number of ether oxygens (including phenoxy) is 1. The molecule has 0 aliphatic heterocycles. The number of hydrogen-bond acceptors (Lipinski definition) is 4. The zero-order chi connectivity index (χ0) is 12.4. The summed E-state index contributed by atoms with van der Waals surface area (Å²) in [6.07, 6.45) is 0.860. The van der Waals surface area contributed by atoms with E-state index in [9.17, 15) is 0 Å². The van der Waals surface area contributed by atoms with Gasteiger partial charge in [-0.25, -0.2) is 4.98 Å². The lowest BCUT2D eigenvalue weighted by atomic mass is 10.3. The van der Waals surface area contributed by atoms with Crippen molar-refractivity contribution in [3.05, 3.63) is 5.69 Å². The summed E-state index contributed by atoms with van der Waals surface area (Å²) in [5, 5.41) is 4.44. The molecule has 0 saturated carbocycles. The first-order chi connectivity index (χ1) is 8.19. The third-order valence-electron chi connectivity index (χ3n) is 2.82. The number of imidazole rings is 1. The molecule has 0 spiro atoms. The van der Waals surface area contributed by atoms with Gasteiger partial charge < -0.3 is 10.5 Å². The summed E-state index contributed by atoms with van der Waals surface area (Å²) in [4.78, 5) is 4.39. The van der Waals surface area contributed by atoms with Crippen molar-refractivity contribution in [3.8, 4) is 0 Å². The molecule has 0 aliphatic carbocycles. The fourth-order valence-corrected chi connectivity index (χ4v) is 2.02. The minimum Gasteiger partial charge on any atom is -0.380 e. The molecule has 2 rings (SSSR count). The summed E-state index contributed by atoms with van der Waals surface area (Å²) in [6, 6.07) is 0. The van der Waals surface area contributed by atoms with Crippen LogP contribution in [0, 0.1) is 0 Å². The molecule has 2 heterocycles. The normalized spacial score (nSPS) is 11.5. The fourth-order valence-electron chi connectivity index (χ4n) is 2.02. The first-order valence-electron chi connectivity index (χ1n) is 5.94. The topological polar surface area (TPSA) is 70.9 Å². The van der Waals surface area contributed by atoms with E-state index in [0.717, 1.165) is 23.3 Å². The Kier molecular flexibility index (Phi) is 3.33. The average Bonchev–Trinajstić information content (AvgIpc) is 2.78. The lowest BCUT2D eigenvalue weighted by Crippen LogP contribution is -2.11. The minimum atomic E-state index is 0.530. The summed E-state index contributed by atoms with van der Waals surface area (Å²) in [5.74, 6) is 0.530. The van der Waals surface area contributed by atoms with Crippen molar-refractivity contribution in [2.75, 3.05) is 18.9 Å². The molecule has 2 aromatic rings. The van der Waals surface area contributed by atoms with Crippen molar-refractivity contribution in [2.45, 2.75) is 26.8 Å². The van der Waals surface area contributed by atoms with Crippen molar-refractivity contribution in [3.63, 3.8) is 0 Å². The van der Waals surface area contributed by atoms with Gasteiger partial charge in [0.15, 0.2) is 5.65 Å². The summed E-state index contributed by atoms with van der Waals surface area (Å²) < 4.78 is 9.14. The van der Waals surface area contributed by atoms with Crippen LogP contribution in [0.1, 0.15) is 19.5 Å². The maximum absolute atomic E-state index is 5.93. The summed E-state index contributed by atoms with van der Waals surface area (Å²) >= 11 is 0. The monoisotopic (exact) mass is 237 g/mol. The smallest absolute Gasteiger partial charge is 0.202 e. The molecule has 0 atom stereocenters. The Balaban J connectivity index is 2.40. The van der Waals surface area contributed by atoms with Crippen molar-refractivity contribution in [2.24, 2.45) is 7.05 Å². The van der Waals surface area contributed by atoms with Gasteiger partial charge in [-0.05, 0) is 13.3 Å². The number of aryl methyl sites for hydroxylation is 2. The number of nitrogens with two attached hydrogens (primary N) is 1. The number of hydrogen-bond donors (Lipinski definition) is 1. The van der Waals surface area contributed by atoms with E-state index >= 15 is 0 Å². The highest BCUT2D eigenvalue weighted by atomic mass is 16.5. The van der Waals surface area contributed by atoms with Crippen LogP contribution >= 0.6 is 0 Å². The van der Waals surface area contributed by atoms with E-state index in [2.05, 4.69) is 17.0 Å². The van der Waals surface area contributed by atoms with E-state index in [1.807, 2.05) is 23.2 Å². The van der Waals surface area contributed by atoms with Crippen molar-refractivity contribution < 1.29 is 4.74 Å². The molecular weight excluding hydrogens is 218 g/mol. The molecule has 6 nitrogen and oxygen atoms in total. The fraction of sp³-hybridized carbons (Fsp3) is 0.636. The number of fused-ring (bicyclic) bond motifs is 1. The van der Waals surface area contributed by atoms with Crippen LogP contribution in [0.3, 0.4) is 0 Å². The largest absolute Gasteiger partial charge is 0.380 e. The summed E-state index contributed by atoms with van der Waals surface area (Å²) in [5.41, 5.74) is 8.80. The van der Waals surface area contributed by atoms with E-state index in [-0.39, 0.29) is 0 Å². The van der Waals surface area contributed by atoms with Crippen molar-refractivity contribution in [1.82, 2.24) is 19.3 Å². The maximum atomic E-state index is 5.93. The second-order valence-corrected chi connectivity index (χ2v) is 3.91. The van der Waals surface area contributed by atoms with Crippen LogP contribution in [0.2, 0.25) is 0 Å². The van der Waals surface area contributed by atoms with E-state index < -0.39 is 0 Å². The first kappa shape index (κ1) is 11.9. The van der Waals surface area contributed by atoms with E-state index in [0.29, 0.717) is 25.7 Å². The maximum Gasteiger partial charge on any atom is 0.202 e. The third kappa shape index (κ3) is 2.00. The molecule has 17 heavy (non-hydrogen) atoms. The molecule has 0 unspecified atom stereocenters. The van der Waals surface area contributed by atoms with Gasteiger partial charge in [-0.15, -0.1) is 0 Å². The van der Waals surface area contributed by atoms with Gasteiger partial charge in [-0.1, -0.05) is 6.92 Å². The van der Waals surface area contributed by atoms with Gasteiger partial charge in [-0.2, -0.15) is 5.10 Å². The van der Waals surface area contributed by atoms with E-state index in [1.165, 1.54) is 0 Å². The second-order valence-electron chi connectivity index (χ2n) is 3.91. The minimum absolute atomic E-state index is 0.530. The van der Waals surface area contributed by atoms with E-state index in [1.54, 1.807) is 0 Å². The van der Waals surface area contributed by atoms with Crippen LogP contribution in [0.25, 0.3) is 11.2 Å². The zero-order valence-corrected chi connectivity index (χ0v) is 10.6. The Morgan fingerprint density at radius 2 is 2.12 bits per heavy atom. The second kappa shape index (κ2) is 4.75. The van der Waals surface area contributed by atoms with Gasteiger partial charge in [0.25, 0.3) is 0 Å². The van der Waals surface area contributed by atoms with Crippen LogP contribution in [0.15, 0.2) is 0 Å². The number of rotatable bonds is 5. The van der Waals surface area contributed by atoms with Crippen LogP contribution in [0.4, 0.5) is 5.95 Å². The molecule has 2 aromatic heterocycles. The van der Waals surface area contributed by atoms with Crippen LogP contribution in [-0.2, 0) is 24.8 Å². The quantitative estimate of drug-likeness (QED) is 0.786. The lowest BCUT2D eigenvalue weighted by molar-refractivity contribution is 0.140. The Morgan fingerprint density at radius 1 is 1.35 bits per heavy atom. The molecule has 0 saturated heterocycles. The first-order valence-corrected chi connectivity index (χ1v) is 5.94. The summed E-state index contributed by atoms with van der Waals surface area (Å²) in [6.45, 7) is 6.10. The zero-order valence-electron chi connectivity index (χ0n) is 10.6. The van der Waals surface area contributed by atoms with Crippen LogP contribution in [-0.4, -0.2) is 32.5 Å². The van der Waals surface area contributed by atoms with Crippen molar-refractivity contribution in [1.29, 1.82) is 0 Å². The highest BCUT2D eigenvalue weighted by molar-refractivity contribution is 5.77. The number of aromatic nitrogens is 4. The number of anilines is 1. The standard InChI is InChI=1S/C11H19N5O/c1-4-8-9-10(15(3)14-8)16(11(12)13-9)6-7-17-5-2/h4-7H2,1-3H3,(H2,12,13). The molecular formula is C11H19N5O. The van der Waals surface area contributed by atoms with Gasteiger partial charge in [0.1, 0.15) is 5.52 Å².